The van der Waals surface area contributed by atoms with Crippen molar-refractivity contribution in [3.05, 3.63) is 17.8 Å². The van der Waals surface area contributed by atoms with Crippen LogP contribution in [0.5, 0.6) is 0 Å². The molecule has 0 amide bonds. The Morgan fingerprint density at radius 3 is 2.92 bits per heavy atom. The summed E-state index contributed by atoms with van der Waals surface area (Å²) in [5.41, 5.74) is 7.13. The number of H-pyrrole nitrogens is 1. The zero-order valence-electron chi connectivity index (χ0n) is 6.53. The summed E-state index contributed by atoms with van der Waals surface area (Å²) in [7, 11) is 0. The largest absolute Gasteiger partial charge is 0.381 e. The molecule has 12 heavy (non-hydrogen) atoms. The number of anilines is 1. The lowest BCUT2D eigenvalue weighted by molar-refractivity contribution is 0.434. The van der Waals surface area contributed by atoms with Gasteiger partial charge in [0, 0.05) is 11.8 Å². The summed E-state index contributed by atoms with van der Waals surface area (Å²) in [6.07, 6.45) is 1.65. The van der Waals surface area contributed by atoms with Crippen LogP contribution in [-0.2, 0) is 0 Å². The molecule has 0 unspecified atom stereocenters. The molecule has 2 rings (SSSR count). The maximum Gasteiger partial charge on any atom is 0.189 e. The second kappa shape index (κ2) is 2.37. The molecule has 0 fully saturated rings. The van der Waals surface area contributed by atoms with Crippen molar-refractivity contribution < 1.29 is 4.52 Å². The van der Waals surface area contributed by atoms with Crippen molar-refractivity contribution in [1.29, 1.82) is 0 Å². The van der Waals surface area contributed by atoms with Crippen LogP contribution in [0.2, 0.25) is 0 Å². The minimum Gasteiger partial charge on any atom is -0.381 e. The molecular weight excluding hydrogens is 156 g/mol. The molecule has 2 aromatic heterocycles. The molecule has 0 aromatic carbocycles. The van der Waals surface area contributed by atoms with Crippen molar-refractivity contribution in [1.82, 2.24) is 15.4 Å². The Hall–Kier alpha value is -1.78. The quantitative estimate of drug-likeness (QED) is 0.657. The number of rotatable bonds is 1. The van der Waals surface area contributed by atoms with Gasteiger partial charge in [-0.1, -0.05) is 5.16 Å². The molecule has 3 N–H and O–H groups in total. The van der Waals surface area contributed by atoms with E-state index in [9.17, 15) is 0 Å². The molecule has 0 saturated heterocycles. The number of nitrogens with two attached hydrogens (primary N) is 1. The fourth-order valence-corrected chi connectivity index (χ4v) is 0.982. The van der Waals surface area contributed by atoms with Crippen LogP contribution in [0.25, 0.3) is 11.5 Å². The normalized spacial score (nSPS) is 10.4. The Balaban J connectivity index is 2.55. The Morgan fingerprint density at radius 1 is 1.58 bits per heavy atom. The maximum atomic E-state index is 5.51. The third-order valence-corrected chi connectivity index (χ3v) is 1.71. The first kappa shape index (κ1) is 6.90. The van der Waals surface area contributed by atoms with Crippen LogP contribution < -0.4 is 5.73 Å². The summed E-state index contributed by atoms with van der Waals surface area (Å²) in [6, 6.07) is 1.80. The first-order valence-corrected chi connectivity index (χ1v) is 3.50. The zero-order valence-corrected chi connectivity index (χ0v) is 6.53. The van der Waals surface area contributed by atoms with Gasteiger partial charge in [0.2, 0.25) is 0 Å². The van der Waals surface area contributed by atoms with E-state index in [2.05, 4.69) is 15.4 Å². The number of aromatic amines is 1. The third kappa shape index (κ3) is 0.868. The minimum atomic E-state index is 0.416. The van der Waals surface area contributed by atoms with Crippen molar-refractivity contribution in [2.75, 3.05) is 5.73 Å². The molecular formula is C7H8N4O. The van der Waals surface area contributed by atoms with E-state index in [-0.39, 0.29) is 0 Å². The molecule has 0 atom stereocenters. The van der Waals surface area contributed by atoms with Crippen LogP contribution in [0.1, 0.15) is 5.56 Å². The summed E-state index contributed by atoms with van der Waals surface area (Å²) in [5, 5.41) is 10.2. The number of nitrogens with zero attached hydrogens (tertiary/aromatic N) is 2. The Morgan fingerprint density at radius 2 is 2.42 bits per heavy atom. The van der Waals surface area contributed by atoms with Crippen LogP contribution in [0.15, 0.2) is 16.8 Å². The highest BCUT2D eigenvalue weighted by molar-refractivity contribution is 5.61. The van der Waals surface area contributed by atoms with Gasteiger partial charge in [0.25, 0.3) is 0 Å². The molecule has 0 aliphatic carbocycles. The van der Waals surface area contributed by atoms with E-state index >= 15 is 0 Å². The molecule has 62 valence electrons. The predicted molar refractivity (Wildman–Crippen MR) is 43.2 cm³/mol. The number of nitrogens with one attached hydrogen (secondary N) is 1. The number of hydrogen-bond donors (Lipinski definition) is 2. The Bertz CT molecular complexity index is 376. The highest BCUT2D eigenvalue weighted by atomic mass is 16.5. The van der Waals surface area contributed by atoms with Crippen LogP contribution in [0.3, 0.4) is 0 Å². The average molecular weight is 164 g/mol. The van der Waals surface area contributed by atoms with Gasteiger partial charge in [-0.3, -0.25) is 5.10 Å². The second-order valence-corrected chi connectivity index (χ2v) is 2.49. The molecule has 0 spiro atoms. The SMILES string of the molecule is Cc1c(N)noc1-c1ccn[nH]1. The summed E-state index contributed by atoms with van der Waals surface area (Å²) in [4.78, 5) is 0. The van der Waals surface area contributed by atoms with Crippen molar-refractivity contribution in [3.8, 4) is 11.5 Å². The number of nitrogen functional groups attached to an aromatic ring is 1. The van der Waals surface area contributed by atoms with Gasteiger partial charge < -0.3 is 10.3 Å². The molecule has 0 radical (unpaired) electrons. The molecule has 0 saturated carbocycles. The first-order chi connectivity index (χ1) is 5.79. The monoisotopic (exact) mass is 164 g/mol. The van der Waals surface area contributed by atoms with Crippen molar-refractivity contribution in [3.63, 3.8) is 0 Å². The lowest BCUT2D eigenvalue weighted by Crippen LogP contribution is -1.86. The van der Waals surface area contributed by atoms with Gasteiger partial charge in [0.15, 0.2) is 11.6 Å². The van der Waals surface area contributed by atoms with Crippen LogP contribution in [-0.4, -0.2) is 15.4 Å². The highest BCUT2D eigenvalue weighted by Gasteiger charge is 2.11. The van der Waals surface area contributed by atoms with Gasteiger partial charge in [-0.2, -0.15) is 5.10 Å². The van der Waals surface area contributed by atoms with Gasteiger partial charge in [0.1, 0.15) is 5.69 Å². The van der Waals surface area contributed by atoms with Gasteiger partial charge in [-0.05, 0) is 13.0 Å². The van der Waals surface area contributed by atoms with Crippen LogP contribution >= 0.6 is 0 Å². The average Bonchev–Trinajstić information content (AvgIpc) is 2.64. The zero-order chi connectivity index (χ0) is 8.55. The summed E-state index contributed by atoms with van der Waals surface area (Å²) < 4.78 is 4.99. The highest BCUT2D eigenvalue weighted by Crippen LogP contribution is 2.24. The smallest absolute Gasteiger partial charge is 0.189 e. The summed E-state index contributed by atoms with van der Waals surface area (Å²) in [6.45, 7) is 1.85. The first-order valence-electron chi connectivity index (χ1n) is 3.50. The molecule has 0 bridgehead atoms. The summed E-state index contributed by atoms with van der Waals surface area (Å²) in [5.74, 6) is 1.06. The van der Waals surface area contributed by atoms with E-state index in [4.69, 9.17) is 10.3 Å². The maximum absolute atomic E-state index is 5.51. The van der Waals surface area contributed by atoms with E-state index in [1.165, 1.54) is 0 Å². The van der Waals surface area contributed by atoms with Gasteiger partial charge >= 0.3 is 0 Å². The van der Waals surface area contributed by atoms with E-state index < -0.39 is 0 Å². The molecule has 5 nitrogen and oxygen atoms in total. The number of hydrogen-bond acceptors (Lipinski definition) is 4. The minimum absolute atomic E-state index is 0.416. The van der Waals surface area contributed by atoms with Crippen molar-refractivity contribution in [2.24, 2.45) is 0 Å². The fourth-order valence-electron chi connectivity index (χ4n) is 0.982. The fraction of sp³-hybridized carbons (Fsp3) is 0.143. The standard InChI is InChI=1S/C7H8N4O/c1-4-6(12-11-7(4)8)5-2-3-9-10-5/h2-3H,1H3,(H2,8,11)(H,9,10). The van der Waals surface area contributed by atoms with Gasteiger partial charge in [-0.25, -0.2) is 0 Å². The third-order valence-electron chi connectivity index (χ3n) is 1.71. The molecule has 0 aliphatic rings. The number of aromatic nitrogens is 3. The lowest BCUT2D eigenvalue weighted by Gasteiger charge is -1.89. The van der Waals surface area contributed by atoms with Crippen molar-refractivity contribution in [2.45, 2.75) is 6.92 Å². The van der Waals surface area contributed by atoms with E-state index in [0.29, 0.717) is 11.6 Å². The second-order valence-electron chi connectivity index (χ2n) is 2.49. The van der Waals surface area contributed by atoms with E-state index in [1.807, 2.05) is 6.92 Å². The van der Waals surface area contributed by atoms with Crippen molar-refractivity contribution >= 4 is 5.82 Å². The Labute approximate surface area is 68.6 Å². The molecule has 2 heterocycles. The molecule has 0 aliphatic heterocycles. The summed E-state index contributed by atoms with van der Waals surface area (Å²) >= 11 is 0. The topological polar surface area (TPSA) is 80.7 Å². The molecule has 2 aromatic rings. The molecule has 5 heteroatoms. The predicted octanol–water partition coefficient (Wildman–Crippen LogP) is 0.955. The van der Waals surface area contributed by atoms with Crippen LogP contribution in [0, 0.1) is 6.92 Å². The lowest BCUT2D eigenvalue weighted by atomic mass is 10.2. The van der Waals surface area contributed by atoms with E-state index in [1.54, 1.807) is 12.3 Å². The van der Waals surface area contributed by atoms with Gasteiger partial charge in [0.05, 0.1) is 0 Å². The Kier molecular flexibility index (Phi) is 1.36. The van der Waals surface area contributed by atoms with Crippen LogP contribution in [0.4, 0.5) is 5.82 Å². The van der Waals surface area contributed by atoms with Gasteiger partial charge in [-0.15, -0.1) is 0 Å². The van der Waals surface area contributed by atoms with E-state index in [0.717, 1.165) is 11.3 Å².